The molecule has 0 saturated carbocycles. The third-order valence-corrected chi connectivity index (χ3v) is 10.8. The third kappa shape index (κ3) is 10.7. The number of nitrogens with two attached hydrogens (primary N) is 9. The lowest BCUT2D eigenvalue weighted by Gasteiger charge is -2.36. The molecule has 1 spiro atoms. The molecule has 2 aliphatic rings. The molecule has 0 unspecified atom stereocenters. The molecule has 0 bridgehead atoms. The molecule has 0 aliphatic carbocycles. The Labute approximate surface area is 405 Å². The van der Waals surface area contributed by atoms with Crippen molar-refractivity contribution in [3.05, 3.63) is 112 Å². The van der Waals surface area contributed by atoms with Crippen LogP contribution < -0.4 is 80.6 Å². The number of benzene rings is 5. The number of thiocarbonyl (C=S) groups is 1. The minimum Gasteiger partial charge on any atom is -0.508 e. The summed E-state index contributed by atoms with van der Waals surface area (Å²) < 4.78 is 38.1. The number of fused-ring (bicyclic) bond motifs is 6. The van der Waals surface area contributed by atoms with Gasteiger partial charge in [0.1, 0.15) is 49.4 Å². The van der Waals surface area contributed by atoms with Crippen molar-refractivity contribution < 1.29 is 43.4 Å². The number of rotatable bonds is 20. The number of phenols is 2. The van der Waals surface area contributed by atoms with E-state index in [1.807, 2.05) is 6.07 Å². The number of phenolic OH excluding ortho intramolecular Hbond substituents is 2. The zero-order chi connectivity index (χ0) is 50.1. The van der Waals surface area contributed by atoms with Crippen LogP contribution in [0.5, 0.6) is 46.0 Å². The highest BCUT2D eigenvalue weighted by atomic mass is 32.1. The molecule has 5 aromatic rings. The minimum atomic E-state index is -1.59. The molecule has 5 aromatic carbocycles. The number of hydrogen-bond acceptors (Lipinski definition) is 14. The van der Waals surface area contributed by atoms with E-state index >= 15 is 0 Å². The molecular formula is C46H52N14O9S. The van der Waals surface area contributed by atoms with Gasteiger partial charge in [-0.2, -0.15) is 0 Å². The molecule has 23 nitrogen and oxygen atoms in total. The van der Waals surface area contributed by atoms with Crippen molar-refractivity contribution in [1.82, 2.24) is 0 Å². The molecule has 0 radical (unpaired) electrons. The van der Waals surface area contributed by atoms with Gasteiger partial charge in [0.2, 0.25) is 0 Å². The summed E-state index contributed by atoms with van der Waals surface area (Å²) in [6, 6.07) is 21.3. The van der Waals surface area contributed by atoms with Gasteiger partial charge in [-0.1, -0.05) is 30.3 Å². The van der Waals surface area contributed by atoms with Crippen molar-refractivity contribution in [2.24, 2.45) is 71.6 Å². The Morgan fingerprint density at radius 2 is 1.07 bits per heavy atom. The summed E-state index contributed by atoms with van der Waals surface area (Å²) in [5.74, 6) is 0.0693. The maximum absolute atomic E-state index is 14.5. The van der Waals surface area contributed by atoms with Gasteiger partial charge in [-0.3, -0.25) is 20.0 Å². The fourth-order valence-electron chi connectivity index (χ4n) is 8.00. The Hall–Kier alpha value is -9.06. The van der Waals surface area contributed by atoms with Gasteiger partial charge >= 0.3 is 5.97 Å². The minimum absolute atomic E-state index is 0.0303. The van der Waals surface area contributed by atoms with Crippen molar-refractivity contribution in [2.75, 3.05) is 57.9 Å². The van der Waals surface area contributed by atoms with Crippen LogP contribution in [-0.4, -0.2) is 97.7 Å². The summed E-state index contributed by atoms with van der Waals surface area (Å²) in [4.78, 5) is 30.8. The van der Waals surface area contributed by atoms with Crippen molar-refractivity contribution in [1.29, 1.82) is 0 Å². The summed E-state index contributed by atoms with van der Waals surface area (Å²) in [5, 5.41) is 23.8. The molecule has 7 rings (SSSR count). The fourth-order valence-corrected chi connectivity index (χ4v) is 8.10. The second kappa shape index (κ2) is 21.3. The van der Waals surface area contributed by atoms with Gasteiger partial charge in [0.25, 0.3) is 0 Å². The number of carbonyl (C=O) groups is 1. The van der Waals surface area contributed by atoms with Crippen LogP contribution in [0.3, 0.4) is 0 Å². The molecule has 21 N–H and O–H groups in total. The first-order chi connectivity index (χ1) is 33.6. The monoisotopic (exact) mass is 976 g/mol. The van der Waals surface area contributed by atoms with Crippen molar-refractivity contribution >= 4 is 52.8 Å². The summed E-state index contributed by atoms with van der Waals surface area (Å²) in [7, 11) is 0. The predicted molar refractivity (Wildman–Crippen MR) is 268 cm³/mol. The lowest BCUT2D eigenvalue weighted by atomic mass is 9.77. The Bertz CT molecular complexity index is 2880. The highest BCUT2D eigenvalue weighted by Gasteiger charge is 2.55. The van der Waals surface area contributed by atoms with E-state index in [1.165, 1.54) is 24.3 Å². The zero-order valence-corrected chi connectivity index (χ0v) is 38.3. The van der Waals surface area contributed by atoms with Crippen LogP contribution in [0.4, 0.5) is 5.69 Å². The lowest BCUT2D eigenvalue weighted by Crippen LogP contribution is -2.33. The van der Waals surface area contributed by atoms with Gasteiger partial charge in [-0.05, 0) is 54.2 Å². The molecular weight excluding hydrogens is 925 g/mol. The van der Waals surface area contributed by atoms with Crippen LogP contribution >= 0.6 is 12.2 Å². The van der Waals surface area contributed by atoms with E-state index in [1.54, 1.807) is 48.5 Å². The molecule has 0 fully saturated rings. The Morgan fingerprint density at radius 1 is 0.586 bits per heavy atom. The topological polar surface area (TPSA) is 409 Å². The van der Waals surface area contributed by atoms with Gasteiger partial charge in [0, 0.05) is 51.9 Å². The number of hydrogen-bond donors (Lipinski definition) is 12. The van der Waals surface area contributed by atoms with Gasteiger partial charge in [-0.25, -0.2) is 4.79 Å². The molecule has 0 atom stereocenters. The largest absolute Gasteiger partial charge is 0.508 e. The maximum Gasteiger partial charge on any atom is 0.342 e. The first kappa shape index (κ1) is 48.9. The number of guanidine groups is 4. The van der Waals surface area contributed by atoms with Crippen molar-refractivity contribution in [3.8, 4) is 57.1 Å². The molecule has 2 aliphatic heterocycles. The van der Waals surface area contributed by atoms with Crippen LogP contribution in [-0.2, 0) is 16.8 Å². The average molecular weight is 977 g/mol. The second-order valence-electron chi connectivity index (χ2n) is 15.4. The highest BCUT2D eigenvalue weighted by Crippen LogP contribution is 2.58. The molecule has 0 saturated heterocycles. The van der Waals surface area contributed by atoms with E-state index in [-0.39, 0.29) is 134 Å². The number of aliphatic imine (C=N–C) groups is 4. The van der Waals surface area contributed by atoms with Crippen molar-refractivity contribution in [3.63, 3.8) is 0 Å². The van der Waals surface area contributed by atoms with E-state index in [2.05, 4.69) is 25.3 Å². The summed E-state index contributed by atoms with van der Waals surface area (Å²) >= 11 is 5.39. The quantitative estimate of drug-likeness (QED) is 0.0171. The summed E-state index contributed by atoms with van der Waals surface area (Å²) in [6.45, 7) is 0.443. The maximum atomic E-state index is 14.5. The van der Waals surface area contributed by atoms with Crippen LogP contribution in [0.2, 0.25) is 0 Å². The second-order valence-corrected chi connectivity index (χ2v) is 15.8. The van der Waals surface area contributed by atoms with Gasteiger partial charge in [0.15, 0.2) is 57.5 Å². The van der Waals surface area contributed by atoms with Crippen LogP contribution in [0.15, 0.2) is 98.8 Å². The summed E-state index contributed by atoms with van der Waals surface area (Å²) in [5.41, 5.74) is 53.2. The summed E-state index contributed by atoms with van der Waals surface area (Å²) in [6.07, 6.45) is 0.0640. The van der Waals surface area contributed by atoms with E-state index in [4.69, 9.17) is 92.2 Å². The smallest absolute Gasteiger partial charge is 0.342 e. The number of anilines is 1. The number of carbonyl (C=O) groups excluding carboxylic acids is 1. The number of para-hydroxylation sites is 1. The van der Waals surface area contributed by atoms with E-state index in [0.29, 0.717) is 50.4 Å². The molecule has 0 aromatic heterocycles. The SMILES string of the molecule is NC(=S)Nc1c(Cc2ccc(-c3cccc(OCCN=C(N)N)c3OCCN=C(N)N)c(OCCN=C(N)N)c2OCCN=C(N)N)ccc2c1C(=O)OC21c2ccc(O)cc2Oc2cc(O)ccc21. The standard InChI is InChI=1S/C46H52N14O9S/c47-41(48)56-12-16-64-32-3-1-2-27(38(32)66-18-14-58-43(51)52)28-8-4-24(37(65-17-13-57-42(49)50)39(28)67-19-15-59-44(53)54)20-23-5-9-31-35(36(23)60-45(55)70)40(63)69-46(31)29-10-6-25(61)21-33(29)68-34-22-26(62)7-11-30(34)46/h1-11,21-22,61-62H,12-20H2,(H4,47,48,56)(H4,49,50,57)(H4,51,52,58)(H4,53,54,59)(H3,55,60,70). The van der Waals surface area contributed by atoms with E-state index in [0.717, 1.165) is 0 Å². The van der Waals surface area contributed by atoms with E-state index < -0.39 is 11.6 Å². The van der Waals surface area contributed by atoms with Gasteiger partial charge in [0.05, 0.1) is 37.4 Å². The molecule has 366 valence electrons. The Kier molecular flexibility index (Phi) is 14.8. The Morgan fingerprint density at radius 3 is 1.61 bits per heavy atom. The molecule has 0 amide bonds. The highest BCUT2D eigenvalue weighted by molar-refractivity contribution is 7.80. The number of ether oxygens (including phenoxy) is 6. The number of nitrogens with zero attached hydrogens (tertiary/aromatic N) is 4. The molecule has 70 heavy (non-hydrogen) atoms. The van der Waals surface area contributed by atoms with Crippen LogP contribution in [0, 0.1) is 0 Å². The third-order valence-electron chi connectivity index (χ3n) is 10.7. The van der Waals surface area contributed by atoms with Crippen LogP contribution in [0.25, 0.3) is 11.1 Å². The average Bonchev–Trinajstić information content (AvgIpc) is 3.59. The van der Waals surface area contributed by atoms with Crippen molar-refractivity contribution in [2.45, 2.75) is 12.0 Å². The molecule has 24 heteroatoms. The number of aromatic hydroxyl groups is 2. The zero-order valence-electron chi connectivity index (χ0n) is 37.5. The molecule has 2 heterocycles. The van der Waals surface area contributed by atoms with Gasteiger partial charge in [-0.15, -0.1) is 0 Å². The number of nitrogens with one attached hydrogen (secondary N) is 1. The van der Waals surface area contributed by atoms with Gasteiger partial charge < -0.3 is 95.6 Å². The predicted octanol–water partition coefficient (Wildman–Crippen LogP) is 1.19. The number of esters is 1. The Balaban J connectivity index is 1.41. The lowest BCUT2D eigenvalue weighted by molar-refractivity contribution is 0.0224. The van der Waals surface area contributed by atoms with Crippen LogP contribution in [0.1, 0.15) is 38.2 Å². The normalized spacial score (nSPS) is 12.4. The van der Waals surface area contributed by atoms with E-state index in [9.17, 15) is 15.0 Å². The first-order valence-electron chi connectivity index (χ1n) is 21.4. The first-order valence-corrected chi connectivity index (χ1v) is 21.8. The fraction of sp³-hybridized carbons (Fsp3) is 0.217.